The molecule has 0 saturated heterocycles. The Morgan fingerprint density at radius 1 is 1.10 bits per heavy atom. The molecule has 1 aromatic heterocycles. The second-order valence-corrected chi connectivity index (χ2v) is 4.78. The third-order valence-corrected chi connectivity index (χ3v) is 3.21. The summed E-state index contributed by atoms with van der Waals surface area (Å²) >= 11 is 5.98. The Labute approximate surface area is 129 Å². The molecule has 0 aliphatic heterocycles. The summed E-state index contributed by atoms with van der Waals surface area (Å²) in [5, 5.41) is 6.76. The maximum absolute atomic E-state index is 5.98. The van der Waals surface area contributed by atoms with Crippen molar-refractivity contribution in [1.82, 2.24) is 15.0 Å². The van der Waals surface area contributed by atoms with Crippen molar-refractivity contribution < 1.29 is 0 Å². The first-order valence-corrected chi connectivity index (χ1v) is 7.25. The van der Waals surface area contributed by atoms with E-state index in [-0.39, 0.29) is 0 Å². The summed E-state index contributed by atoms with van der Waals surface area (Å²) in [7, 11) is 1.78. The Morgan fingerprint density at radius 3 is 2.43 bits per heavy atom. The van der Waals surface area contributed by atoms with Gasteiger partial charge in [0.2, 0.25) is 17.8 Å². The van der Waals surface area contributed by atoms with E-state index in [1.54, 1.807) is 7.05 Å². The smallest absolute Gasteiger partial charge is 0.233 e. The second-order valence-electron chi connectivity index (χ2n) is 4.34. The number of hydrogen-bond acceptors (Lipinski definition) is 6. The third-order valence-electron chi connectivity index (χ3n) is 2.97. The van der Waals surface area contributed by atoms with E-state index in [0.717, 1.165) is 18.8 Å². The van der Waals surface area contributed by atoms with Crippen molar-refractivity contribution >= 4 is 35.1 Å². The normalized spacial score (nSPS) is 10.3. The lowest BCUT2D eigenvalue weighted by Gasteiger charge is -2.19. The van der Waals surface area contributed by atoms with Crippen LogP contribution in [0.25, 0.3) is 0 Å². The van der Waals surface area contributed by atoms with Crippen molar-refractivity contribution in [2.24, 2.45) is 0 Å². The van der Waals surface area contributed by atoms with Gasteiger partial charge in [-0.3, -0.25) is 0 Å². The predicted molar refractivity (Wildman–Crippen MR) is 87.7 cm³/mol. The fourth-order valence-electron chi connectivity index (χ4n) is 1.88. The van der Waals surface area contributed by atoms with E-state index in [0.29, 0.717) is 22.9 Å². The van der Waals surface area contributed by atoms with Gasteiger partial charge in [-0.05, 0) is 32.0 Å². The third kappa shape index (κ3) is 3.95. The molecule has 21 heavy (non-hydrogen) atoms. The molecule has 1 aromatic carbocycles. The fourth-order valence-corrected chi connectivity index (χ4v) is 2.07. The van der Waals surface area contributed by atoms with E-state index in [1.807, 2.05) is 24.3 Å². The van der Waals surface area contributed by atoms with Gasteiger partial charge in [-0.15, -0.1) is 0 Å². The lowest BCUT2D eigenvalue weighted by atomic mass is 10.3. The molecule has 7 heteroatoms. The zero-order valence-corrected chi connectivity index (χ0v) is 13.1. The SMILES string of the molecule is CCN(CC)c1nc(NC)nc(Nc2cccc(Cl)c2)n1. The van der Waals surface area contributed by atoms with E-state index in [1.165, 1.54) is 0 Å². The molecule has 0 unspecified atom stereocenters. The van der Waals surface area contributed by atoms with Gasteiger partial charge in [0.25, 0.3) is 0 Å². The molecule has 0 radical (unpaired) electrons. The van der Waals surface area contributed by atoms with Crippen molar-refractivity contribution in [2.45, 2.75) is 13.8 Å². The molecule has 0 saturated carbocycles. The minimum atomic E-state index is 0.485. The van der Waals surface area contributed by atoms with Crippen molar-refractivity contribution in [3.05, 3.63) is 29.3 Å². The molecule has 0 aliphatic carbocycles. The summed E-state index contributed by atoms with van der Waals surface area (Å²) in [5.74, 6) is 1.65. The minimum absolute atomic E-state index is 0.485. The largest absolute Gasteiger partial charge is 0.357 e. The maximum atomic E-state index is 5.98. The molecule has 2 rings (SSSR count). The van der Waals surface area contributed by atoms with Gasteiger partial charge in [0.05, 0.1) is 0 Å². The van der Waals surface area contributed by atoms with E-state index in [2.05, 4.69) is 44.3 Å². The van der Waals surface area contributed by atoms with E-state index in [4.69, 9.17) is 11.6 Å². The van der Waals surface area contributed by atoms with Crippen molar-refractivity contribution in [1.29, 1.82) is 0 Å². The van der Waals surface area contributed by atoms with Crippen LogP contribution in [0.15, 0.2) is 24.3 Å². The molecule has 0 spiro atoms. The highest BCUT2D eigenvalue weighted by Crippen LogP contribution is 2.20. The van der Waals surface area contributed by atoms with Gasteiger partial charge in [-0.25, -0.2) is 0 Å². The Morgan fingerprint density at radius 2 is 1.81 bits per heavy atom. The topological polar surface area (TPSA) is 66.0 Å². The van der Waals surface area contributed by atoms with E-state index < -0.39 is 0 Å². The molecule has 1 heterocycles. The summed E-state index contributed by atoms with van der Waals surface area (Å²) < 4.78 is 0. The summed E-state index contributed by atoms with van der Waals surface area (Å²) in [4.78, 5) is 15.2. The molecule has 0 bridgehead atoms. The Kier molecular flexibility index (Phi) is 5.16. The summed E-state index contributed by atoms with van der Waals surface area (Å²) in [6.07, 6.45) is 0. The van der Waals surface area contributed by atoms with Crippen LogP contribution in [0.3, 0.4) is 0 Å². The number of benzene rings is 1. The fraction of sp³-hybridized carbons (Fsp3) is 0.357. The van der Waals surface area contributed by atoms with E-state index >= 15 is 0 Å². The molecule has 2 aromatic rings. The minimum Gasteiger partial charge on any atom is -0.357 e. The van der Waals surface area contributed by atoms with Crippen LogP contribution in [0.1, 0.15) is 13.8 Å². The molecule has 0 fully saturated rings. The Bertz CT molecular complexity index is 600. The van der Waals surface area contributed by atoms with E-state index in [9.17, 15) is 0 Å². The highest BCUT2D eigenvalue weighted by Gasteiger charge is 2.10. The van der Waals surface area contributed by atoms with Crippen LogP contribution in [0.5, 0.6) is 0 Å². The molecule has 0 amide bonds. The first-order chi connectivity index (χ1) is 10.2. The Hall–Kier alpha value is -2.08. The van der Waals surface area contributed by atoms with Gasteiger partial charge < -0.3 is 15.5 Å². The van der Waals surface area contributed by atoms with Gasteiger partial charge in [0, 0.05) is 30.8 Å². The van der Waals surface area contributed by atoms with Crippen LogP contribution < -0.4 is 15.5 Å². The summed E-state index contributed by atoms with van der Waals surface area (Å²) in [6, 6.07) is 7.42. The number of nitrogens with one attached hydrogen (secondary N) is 2. The number of aromatic nitrogens is 3. The summed E-state index contributed by atoms with van der Waals surface area (Å²) in [5.41, 5.74) is 0.834. The first kappa shape index (κ1) is 15.3. The molecule has 0 atom stereocenters. The number of halogens is 1. The standard InChI is InChI=1S/C14H19ClN6/c1-4-21(5-2)14-19-12(16-3)18-13(20-14)17-11-8-6-7-10(15)9-11/h6-9H,4-5H2,1-3H3,(H2,16,17,18,19,20). The number of anilines is 4. The number of rotatable bonds is 6. The van der Waals surface area contributed by atoms with Crippen LogP contribution in [0, 0.1) is 0 Å². The maximum Gasteiger partial charge on any atom is 0.233 e. The van der Waals surface area contributed by atoms with Crippen LogP contribution in [-0.4, -0.2) is 35.1 Å². The van der Waals surface area contributed by atoms with Gasteiger partial charge in [0.15, 0.2) is 0 Å². The average Bonchev–Trinajstić information content (AvgIpc) is 2.48. The number of hydrogen-bond donors (Lipinski definition) is 2. The van der Waals surface area contributed by atoms with Crippen molar-refractivity contribution in [3.8, 4) is 0 Å². The van der Waals surface area contributed by atoms with Crippen molar-refractivity contribution in [3.63, 3.8) is 0 Å². The van der Waals surface area contributed by atoms with Gasteiger partial charge >= 0.3 is 0 Å². The van der Waals surface area contributed by atoms with Gasteiger partial charge in [0.1, 0.15) is 0 Å². The molecule has 112 valence electrons. The van der Waals surface area contributed by atoms with Gasteiger partial charge in [-0.2, -0.15) is 15.0 Å². The van der Waals surface area contributed by atoms with Gasteiger partial charge in [-0.1, -0.05) is 17.7 Å². The predicted octanol–water partition coefficient (Wildman–Crippen LogP) is 3.16. The molecule has 6 nitrogen and oxygen atoms in total. The highest BCUT2D eigenvalue weighted by atomic mass is 35.5. The quantitative estimate of drug-likeness (QED) is 0.854. The molecule has 0 aliphatic rings. The first-order valence-electron chi connectivity index (χ1n) is 6.87. The van der Waals surface area contributed by atoms with Crippen LogP contribution in [0.2, 0.25) is 5.02 Å². The summed E-state index contributed by atoms with van der Waals surface area (Å²) in [6.45, 7) is 5.80. The molecular formula is C14H19ClN6. The molecular weight excluding hydrogens is 288 g/mol. The van der Waals surface area contributed by atoms with Crippen LogP contribution in [0.4, 0.5) is 23.5 Å². The van der Waals surface area contributed by atoms with Crippen molar-refractivity contribution in [2.75, 3.05) is 35.7 Å². The lowest BCUT2D eigenvalue weighted by Crippen LogP contribution is -2.25. The zero-order valence-electron chi connectivity index (χ0n) is 12.4. The average molecular weight is 307 g/mol. The van der Waals surface area contributed by atoms with Crippen LogP contribution in [-0.2, 0) is 0 Å². The number of nitrogens with zero attached hydrogens (tertiary/aromatic N) is 4. The Balaban J connectivity index is 2.32. The zero-order chi connectivity index (χ0) is 15.2. The lowest BCUT2D eigenvalue weighted by molar-refractivity contribution is 0.815. The monoisotopic (exact) mass is 306 g/mol. The molecule has 2 N–H and O–H groups in total. The highest BCUT2D eigenvalue weighted by molar-refractivity contribution is 6.30. The second kappa shape index (κ2) is 7.08. The van der Waals surface area contributed by atoms with Crippen LogP contribution >= 0.6 is 11.6 Å².